The van der Waals surface area contributed by atoms with Gasteiger partial charge >= 0.3 is 0 Å². The van der Waals surface area contributed by atoms with Gasteiger partial charge in [0, 0.05) is 30.9 Å². The lowest BCUT2D eigenvalue weighted by atomic mass is 9.99. The fourth-order valence-corrected chi connectivity index (χ4v) is 3.87. The summed E-state index contributed by atoms with van der Waals surface area (Å²) in [5.74, 6) is 0.932. The van der Waals surface area contributed by atoms with E-state index in [0.717, 1.165) is 44.1 Å². The van der Waals surface area contributed by atoms with E-state index < -0.39 is 0 Å². The van der Waals surface area contributed by atoms with Crippen LogP contribution in [0.1, 0.15) is 55.8 Å². The Morgan fingerprint density at radius 3 is 2.40 bits per heavy atom. The summed E-state index contributed by atoms with van der Waals surface area (Å²) in [6.07, 6.45) is 7.56. The molecule has 2 saturated heterocycles. The Balaban J connectivity index is 1.37. The van der Waals surface area contributed by atoms with Crippen molar-refractivity contribution in [3.05, 3.63) is 29.8 Å². The lowest BCUT2D eigenvalue weighted by Crippen LogP contribution is -2.35. The molecule has 2 aliphatic rings. The van der Waals surface area contributed by atoms with Crippen LogP contribution in [0.5, 0.6) is 0 Å². The molecule has 0 saturated carbocycles. The van der Waals surface area contributed by atoms with Gasteiger partial charge in [-0.25, -0.2) is 0 Å². The van der Waals surface area contributed by atoms with Crippen molar-refractivity contribution in [1.29, 1.82) is 0 Å². The molecular formula is C21H33N3O. The van der Waals surface area contributed by atoms with Gasteiger partial charge in [0.05, 0.1) is 0 Å². The number of carbonyl (C=O) groups excluding carboxylic acids is 1. The Bertz CT molecular complexity index is 529. The van der Waals surface area contributed by atoms with Crippen molar-refractivity contribution in [2.24, 2.45) is 5.92 Å². The van der Waals surface area contributed by atoms with Crippen LogP contribution < -0.4 is 10.2 Å². The highest BCUT2D eigenvalue weighted by Crippen LogP contribution is 2.20. The predicted octanol–water partition coefficient (Wildman–Crippen LogP) is 3.53. The molecule has 1 aromatic carbocycles. The molecule has 2 fully saturated rings. The largest absolute Gasteiger partial charge is 0.372 e. The molecule has 4 heteroatoms. The van der Waals surface area contributed by atoms with Crippen LogP contribution in [0.4, 0.5) is 5.69 Å². The summed E-state index contributed by atoms with van der Waals surface area (Å²) < 4.78 is 0. The normalized spacial score (nSPS) is 19.8. The number of anilines is 1. The second-order valence-electron chi connectivity index (χ2n) is 7.73. The molecule has 0 aliphatic carbocycles. The number of rotatable bonds is 6. The summed E-state index contributed by atoms with van der Waals surface area (Å²) in [7, 11) is 0. The lowest BCUT2D eigenvalue weighted by Gasteiger charge is -2.30. The van der Waals surface area contributed by atoms with E-state index in [4.69, 9.17) is 0 Å². The number of nitrogens with one attached hydrogen (secondary N) is 1. The SMILES string of the molecule is CC1CCN(CCCNC(=O)c2ccc(N3CCCCC3)cc2)CC1. The highest BCUT2D eigenvalue weighted by Gasteiger charge is 2.15. The third kappa shape index (κ3) is 5.46. The number of amides is 1. The average Bonchev–Trinajstić information content (AvgIpc) is 2.67. The van der Waals surface area contributed by atoms with E-state index in [2.05, 4.69) is 34.2 Å². The van der Waals surface area contributed by atoms with Crippen LogP contribution in [0.3, 0.4) is 0 Å². The Kier molecular flexibility index (Phi) is 6.74. The van der Waals surface area contributed by atoms with Crippen LogP contribution in [0.25, 0.3) is 0 Å². The average molecular weight is 344 g/mol. The first kappa shape index (κ1) is 18.2. The van der Waals surface area contributed by atoms with E-state index >= 15 is 0 Å². The number of piperidine rings is 2. The van der Waals surface area contributed by atoms with Crippen LogP contribution in [0.15, 0.2) is 24.3 Å². The molecule has 0 bridgehead atoms. The van der Waals surface area contributed by atoms with Crippen molar-refractivity contribution >= 4 is 11.6 Å². The smallest absolute Gasteiger partial charge is 0.251 e. The quantitative estimate of drug-likeness (QED) is 0.803. The molecule has 2 aliphatic heterocycles. The van der Waals surface area contributed by atoms with Gasteiger partial charge in [0.15, 0.2) is 0 Å². The van der Waals surface area contributed by atoms with E-state index in [1.807, 2.05) is 12.1 Å². The van der Waals surface area contributed by atoms with Gasteiger partial charge in [0.2, 0.25) is 0 Å². The number of carbonyl (C=O) groups is 1. The molecule has 0 radical (unpaired) electrons. The van der Waals surface area contributed by atoms with E-state index in [1.165, 1.54) is 50.9 Å². The topological polar surface area (TPSA) is 35.6 Å². The molecule has 1 aromatic rings. The molecule has 1 amide bonds. The zero-order chi connectivity index (χ0) is 17.5. The zero-order valence-electron chi connectivity index (χ0n) is 15.7. The highest BCUT2D eigenvalue weighted by molar-refractivity contribution is 5.94. The molecule has 0 aromatic heterocycles. The third-order valence-electron chi connectivity index (χ3n) is 5.66. The summed E-state index contributed by atoms with van der Waals surface area (Å²) in [5.41, 5.74) is 2.02. The van der Waals surface area contributed by atoms with E-state index in [1.54, 1.807) is 0 Å². The fourth-order valence-electron chi connectivity index (χ4n) is 3.87. The number of hydrogen-bond acceptors (Lipinski definition) is 3. The molecule has 138 valence electrons. The van der Waals surface area contributed by atoms with Crippen molar-refractivity contribution in [3.63, 3.8) is 0 Å². The number of likely N-dealkylation sites (tertiary alicyclic amines) is 1. The Morgan fingerprint density at radius 2 is 1.72 bits per heavy atom. The maximum atomic E-state index is 12.3. The van der Waals surface area contributed by atoms with E-state index in [-0.39, 0.29) is 5.91 Å². The maximum absolute atomic E-state index is 12.3. The first-order valence-electron chi connectivity index (χ1n) is 10.1. The predicted molar refractivity (Wildman–Crippen MR) is 104 cm³/mol. The second-order valence-corrected chi connectivity index (χ2v) is 7.73. The molecule has 3 rings (SSSR count). The number of hydrogen-bond donors (Lipinski definition) is 1. The Hall–Kier alpha value is -1.55. The first-order chi connectivity index (χ1) is 12.2. The van der Waals surface area contributed by atoms with Crippen LogP contribution in [-0.2, 0) is 0 Å². The number of nitrogens with zero attached hydrogens (tertiary/aromatic N) is 2. The summed E-state index contributed by atoms with van der Waals surface area (Å²) >= 11 is 0. The van der Waals surface area contributed by atoms with E-state index in [9.17, 15) is 4.79 Å². The summed E-state index contributed by atoms with van der Waals surface area (Å²) in [5, 5.41) is 3.07. The van der Waals surface area contributed by atoms with Gasteiger partial charge in [0.25, 0.3) is 5.91 Å². The second kappa shape index (κ2) is 9.23. The molecule has 2 heterocycles. The minimum atomic E-state index is 0.0532. The minimum absolute atomic E-state index is 0.0532. The molecule has 1 N–H and O–H groups in total. The summed E-state index contributed by atoms with van der Waals surface area (Å²) in [6.45, 7) is 8.91. The lowest BCUT2D eigenvalue weighted by molar-refractivity contribution is 0.0950. The maximum Gasteiger partial charge on any atom is 0.251 e. The van der Waals surface area contributed by atoms with Crippen molar-refractivity contribution in [2.45, 2.75) is 45.4 Å². The van der Waals surface area contributed by atoms with Crippen LogP contribution in [-0.4, -0.2) is 50.1 Å². The summed E-state index contributed by atoms with van der Waals surface area (Å²) in [4.78, 5) is 17.2. The molecule has 25 heavy (non-hydrogen) atoms. The van der Waals surface area contributed by atoms with Crippen molar-refractivity contribution in [1.82, 2.24) is 10.2 Å². The van der Waals surface area contributed by atoms with Crippen molar-refractivity contribution < 1.29 is 4.79 Å². The first-order valence-corrected chi connectivity index (χ1v) is 10.1. The van der Waals surface area contributed by atoms with Crippen molar-refractivity contribution in [2.75, 3.05) is 44.2 Å². The molecule has 0 atom stereocenters. The van der Waals surface area contributed by atoms with Gasteiger partial charge in [-0.3, -0.25) is 4.79 Å². The van der Waals surface area contributed by atoms with Crippen LogP contribution in [0.2, 0.25) is 0 Å². The molecule has 4 nitrogen and oxygen atoms in total. The molecule has 0 unspecified atom stereocenters. The molecular weight excluding hydrogens is 310 g/mol. The fraction of sp³-hybridized carbons (Fsp3) is 0.667. The van der Waals surface area contributed by atoms with Gasteiger partial charge in [-0.05, 0) is 88.3 Å². The molecule has 0 spiro atoms. The van der Waals surface area contributed by atoms with Gasteiger partial charge < -0.3 is 15.1 Å². The Labute approximate surface area is 152 Å². The van der Waals surface area contributed by atoms with Crippen LogP contribution in [0, 0.1) is 5.92 Å². The van der Waals surface area contributed by atoms with Gasteiger partial charge in [0.1, 0.15) is 0 Å². The van der Waals surface area contributed by atoms with Crippen LogP contribution >= 0.6 is 0 Å². The summed E-state index contributed by atoms with van der Waals surface area (Å²) in [6, 6.07) is 8.11. The monoisotopic (exact) mass is 343 g/mol. The Morgan fingerprint density at radius 1 is 1.04 bits per heavy atom. The van der Waals surface area contributed by atoms with Crippen molar-refractivity contribution in [3.8, 4) is 0 Å². The minimum Gasteiger partial charge on any atom is -0.372 e. The van der Waals surface area contributed by atoms with Gasteiger partial charge in [-0.15, -0.1) is 0 Å². The van der Waals surface area contributed by atoms with Gasteiger partial charge in [-0.2, -0.15) is 0 Å². The zero-order valence-corrected chi connectivity index (χ0v) is 15.7. The standard InChI is InChI=1S/C21H33N3O/c1-18-10-16-23(17-11-18)13-5-12-22-21(25)19-6-8-20(9-7-19)24-14-3-2-4-15-24/h6-9,18H,2-5,10-17H2,1H3,(H,22,25). The highest BCUT2D eigenvalue weighted by atomic mass is 16.1. The van der Waals surface area contributed by atoms with E-state index in [0.29, 0.717) is 0 Å². The number of benzene rings is 1. The van der Waals surface area contributed by atoms with Gasteiger partial charge in [-0.1, -0.05) is 6.92 Å². The third-order valence-corrected chi connectivity index (χ3v) is 5.66.